The standard InChI is InChI=1S/C23H29FN4O3/c1-16(17(2)18(3)24)13-26-27-15-20(14-25-4)23(31)28-21(10-11-22(29)30)12-19-8-6-5-7-9-19/h5-9,13-15,21,26H,4,10-12H2,1-3H3,(H,28,31)(H,29,30)/b16-13+,18-17-,20-14-,27-15-/t21-/m0/s1. The van der Waals surface area contributed by atoms with Crippen LogP contribution in [0.4, 0.5) is 4.39 Å². The van der Waals surface area contributed by atoms with Crippen LogP contribution >= 0.6 is 0 Å². The third-order valence-electron chi connectivity index (χ3n) is 4.53. The van der Waals surface area contributed by atoms with Gasteiger partial charge in [0.2, 0.25) is 0 Å². The summed E-state index contributed by atoms with van der Waals surface area (Å²) in [6.45, 7) is 8.11. The van der Waals surface area contributed by atoms with Crippen LogP contribution in [0.5, 0.6) is 0 Å². The zero-order chi connectivity index (χ0) is 23.2. The molecule has 0 aliphatic heterocycles. The summed E-state index contributed by atoms with van der Waals surface area (Å²) in [5, 5.41) is 15.8. The Kier molecular flexibility index (Phi) is 11.2. The minimum absolute atomic E-state index is 0.0723. The first-order chi connectivity index (χ1) is 14.7. The molecule has 7 nitrogen and oxygen atoms in total. The van der Waals surface area contributed by atoms with Crippen molar-refractivity contribution < 1.29 is 19.1 Å². The molecule has 0 saturated heterocycles. The van der Waals surface area contributed by atoms with Crippen molar-refractivity contribution in [2.45, 2.75) is 46.1 Å². The van der Waals surface area contributed by atoms with Crippen LogP contribution in [-0.2, 0) is 16.0 Å². The molecule has 1 amide bonds. The van der Waals surface area contributed by atoms with E-state index in [-0.39, 0.29) is 30.3 Å². The van der Waals surface area contributed by atoms with E-state index in [0.717, 1.165) is 5.56 Å². The molecule has 3 N–H and O–H groups in total. The van der Waals surface area contributed by atoms with E-state index in [1.807, 2.05) is 30.3 Å². The lowest BCUT2D eigenvalue weighted by Gasteiger charge is -2.18. The Hall–Kier alpha value is -3.55. The summed E-state index contributed by atoms with van der Waals surface area (Å²) in [4.78, 5) is 27.3. The largest absolute Gasteiger partial charge is 0.481 e. The molecule has 0 aromatic heterocycles. The number of nitrogens with one attached hydrogen (secondary N) is 2. The van der Waals surface area contributed by atoms with Crippen molar-refractivity contribution in [3.63, 3.8) is 0 Å². The quantitative estimate of drug-likeness (QED) is 0.203. The normalized spacial score (nSPS) is 14.1. The zero-order valence-electron chi connectivity index (χ0n) is 18.1. The first-order valence-corrected chi connectivity index (χ1v) is 9.75. The molecule has 0 unspecified atom stereocenters. The van der Waals surface area contributed by atoms with Crippen molar-refractivity contribution in [2.75, 3.05) is 0 Å². The molecule has 1 aromatic rings. The third kappa shape index (κ3) is 10.2. The van der Waals surface area contributed by atoms with Crippen LogP contribution in [0.1, 0.15) is 39.2 Å². The number of halogens is 1. The maximum Gasteiger partial charge on any atom is 0.303 e. The van der Waals surface area contributed by atoms with Crippen LogP contribution < -0.4 is 10.7 Å². The Labute approximate surface area is 182 Å². The van der Waals surface area contributed by atoms with Gasteiger partial charge in [0, 0.05) is 24.9 Å². The number of carboxylic acid groups (broad SMARTS) is 1. The first-order valence-electron chi connectivity index (χ1n) is 9.75. The van der Waals surface area contributed by atoms with E-state index >= 15 is 0 Å². The van der Waals surface area contributed by atoms with Gasteiger partial charge >= 0.3 is 5.97 Å². The van der Waals surface area contributed by atoms with Crippen LogP contribution in [0.25, 0.3) is 0 Å². The molecule has 0 bridgehead atoms. The smallest absolute Gasteiger partial charge is 0.303 e. The molecule has 1 atom stereocenters. The number of hydrazone groups is 1. The number of hydrogen-bond acceptors (Lipinski definition) is 5. The average molecular weight is 429 g/mol. The second-order valence-corrected chi connectivity index (χ2v) is 6.93. The molecule has 0 saturated carbocycles. The Morgan fingerprint density at radius 1 is 1.23 bits per heavy atom. The number of aliphatic imine (C=N–C) groups is 1. The average Bonchev–Trinajstić information content (AvgIpc) is 2.73. The van der Waals surface area contributed by atoms with Crippen LogP contribution in [0.3, 0.4) is 0 Å². The van der Waals surface area contributed by atoms with E-state index in [1.165, 1.54) is 25.5 Å². The molecule has 0 aliphatic rings. The van der Waals surface area contributed by atoms with Crippen molar-refractivity contribution in [1.29, 1.82) is 0 Å². The number of rotatable bonds is 12. The summed E-state index contributed by atoms with van der Waals surface area (Å²) in [6.07, 6.45) is 4.72. The minimum Gasteiger partial charge on any atom is -0.481 e. The number of carbonyl (C=O) groups excluding carboxylic acids is 1. The van der Waals surface area contributed by atoms with Gasteiger partial charge in [-0.3, -0.25) is 20.0 Å². The summed E-state index contributed by atoms with van der Waals surface area (Å²) in [5.74, 6) is -1.68. The molecule has 0 spiro atoms. The summed E-state index contributed by atoms with van der Waals surface area (Å²) in [7, 11) is 0. The van der Waals surface area contributed by atoms with Crippen molar-refractivity contribution >= 4 is 24.8 Å². The maximum atomic E-state index is 13.2. The van der Waals surface area contributed by atoms with Crippen molar-refractivity contribution in [2.24, 2.45) is 10.1 Å². The van der Waals surface area contributed by atoms with E-state index in [1.54, 1.807) is 13.8 Å². The van der Waals surface area contributed by atoms with E-state index < -0.39 is 11.9 Å². The van der Waals surface area contributed by atoms with Gasteiger partial charge in [-0.1, -0.05) is 30.3 Å². The monoisotopic (exact) mass is 428 g/mol. The maximum absolute atomic E-state index is 13.2. The highest BCUT2D eigenvalue weighted by molar-refractivity contribution is 6.12. The SMILES string of the molecule is C=N/C=C(/C=N\N/C=C(C)/C(C)=C(/C)F)C(=O)N[C@@H](CCC(=O)O)Cc1ccccc1. The van der Waals surface area contributed by atoms with Crippen LogP contribution in [0.15, 0.2) is 75.4 Å². The number of carbonyl (C=O) groups is 2. The topological polar surface area (TPSA) is 103 Å². The lowest BCUT2D eigenvalue weighted by atomic mass is 10.0. The van der Waals surface area contributed by atoms with E-state index in [2.05, 4.69) is 27.6 Å². The van der Waals surface area contributed by atoms with Gasteiger partial charge < -0.3 is 10.4 Å². The molecule has 166 valence electrons. The van der Waals surface area contributed by atoms with Gasteiger partial charge in [0.15, 0.2) is 0 Å². The molecule has 31 heavy (non-hydrogen) atoms. The highest BCUT2D eigenvalue weighted by atomic mass is 19.1. The van der Waals surface area contributed by atoms with Crippen molar-refractivity contribution in [3.8, 4) is 0 Å². The summed E-state index contributed by atoms with van der Waals surface area (Å²) in [6, 6.07) is 9.09. The molecular formula is C23H29FN4O3. The summed E-state index contributed by atoms with van der Waals surface area (Å²) >= 11 is 0. The third-order valence-corrected chi connectivity index (χ3v) is 4.53. The van der Waals surface area contributed by atoms with Gasteiger partial charge in [0.25, 0.3) is 5.91 Å². The predicted octanol–water partition coefficient (Wildman–Crippen LogP) is 3.91. The Morgan fingerprint density at radius 3 is 2.48 bits per heavy atom. The molecule has 0 fully saturated rings. The van der Waals surface area contributed by atoms with Gasteiger partial charge in [0.05, 0.1) is 11.8 Å². The summed E-state index contributed by atoms with van der Waals surface area (Å²) in [5.41, 5.74) is 4.91. The number of hydrogen-bond donors (Lipinski definition) is 3. The fraction of sp³-hybridized carbons (Fsp3) is 0.304. The number of carboxylic acids is 1. The van der Waals surface area contributed by atoms with E-state index in [4.69, 9.17) is 5.11 Å². The molecular weight excluding hydrogens is 399 g/mol. The highest BCUT2D eigenvalue weighted by Gasteiger charge is 2.17. The minimum atomic E-state index is -0.934. The van der Waals surface area contributed by atoms with E-state index in [0.29, 0.717) is 17.6 Å². The van der Waals surface area contributed by atoms with E-state index in [9.17, 15) is 14.0 Å². The Bertz CT molecular complexity index is 885. The molecule has 8 heteroatoms. The molecule has 0 heterocycles. The lowest BCUT2D eigenvalue weighted by molar-refractivity contribution is -0.137. The number of nitrogens with zero attached hydrogens (tertiary/aromatic N) is 2. The zero-order valence-corrected chi connectivity index (χ0v) is 18.1. The number of aliphatic carboxylic acids is 1. The van der Waals surface area contributed by atoms with Crippen LogP contribution in [-0.4, -0.2) is 36.0 Å². The molecule has 0 radical (unpaired) electrons. The first kappa shape index (κ1) is 25.5. The van der Waals surface area contributed by atoms with Gasteiger partial charge in [-0.2, -0.15) is 5.10 Å². The van der Waals surface area contributed by atoms with Gasteiger partial charge in [-0.05, 0) is 57.0 Å². The summed E-state index contributed by atoms with van der Waals surface area (Å²) < 4.78 is 13.2. The Balaban J connectivity index is 2.87. The van der Waals surface area contributed by atoms with Crippen molar-refractivity contribution in [1.82, 2.24) is 10.7 Å². The fourth-order valence-corrected chi connectivity index (χ4v) is 2.56. The lowest BCUT2D eigenvalue weighted by Crippen LogP contribution is -2.38. The number of allylic oxidation sites excluding steroid dienone is 3. The number of amides is 1. The fourth-order valence-electron chi connectivity index (χ4n) is 2.56. The number of benzene rings is 1. The Morgan fingerprint density at radius 2 is 1.90 bits per heavy atom. The van der Waals surface area contributed by atoms with Crippen molar-refractivity contribution in [3.05, 3.63) is 70.8 Å². The van der Waals surface area contributed by atoms with Gasteiger partial charge in [-0.15, -0.1) is 0 Å². The molecule has 0 aliphatic carbocycles. The molecule has 1 rings (SSSR count). The highest BCUT2D eigenvalue weighted by Crippen LogP contribution is 2.13. The second-order valence-electron chi connectivity index (χ2n) is 6.93. The molecule has 1 aromatic carbocycles. The van der Waals surface area contributed by atoms with Gasteiger partial charge in [0.1, 0.15) is 5.83 Å². The van der Waals surface area contributed by atoms with Crippen LogP contribution in [0, 0.1) is 0 Å². The predicted molar refractivity (Wildman–Crippen MR) is 121 cm³/mol. The second kappa shape index (κ2) is 13.6. The van der Waals surface area contributed by atoms with Crippen LogP contribution in [0.2, 0.25) is 0 Å². The van der Waals surface area contributed by atoms with Gasteiger partial charge in [-0.25, -0.2) is 4.39 Å².